The van der Waals surface area contributed by atoms with Gasteiger partial charge >= 0.3 is 5.97 Å². The molecule has 0 rings (SSSR count). The molecule has 60 valence electrons. The first-order valence-corrected chi connectivity index (χ1v) is 2.96. The molecule has 0 amide bonds. The largest absolute Gasteiger partial charge is 0.433 e. The van der Waals surface area contributed by atoms with Crippen molar-refractivity contribution in [1.29, 1.82) is 0 Å². The van der Waals surface area contributed by atoms with Gasteiger partial charge in [-0.25, -0.2) is 0 Å². The lowest BCUT2D eigenvalue weighted by Gasteiger charge is -2.16. The molecule has 4 heteroatoms. The van der Waals surface area contributed by atoms with Crippen LogP contribution in [0.25, 0.3) is 0 Å². The Labute approximate surface area is 59.7 Å². The van der Waals surface area contributed by atoms with Gasteiger partial charge in [-0.2, -0.15) is 0 Å². The molecular weight excluding hydrogens is 136 g/mol. The van der Waals surface area contributed by atoms with Gasteiger partial charge in [0.2, 0.25) is 6.29 Å². The average Bonchev–Trinajstić information content (AvgIpc) is 1.81. The predicted molar refractivity (Wildman–Crippen MR) is 34.2 cm³/mol. The maximum atomic E-state index is 10.3. The molecule has 0 saturated heterocycles. The zero-order valence-electron chi connectivity index (χ0n) is 6.33. The number of rotatable bonds is 3. The van der Waals surface area contributed by atoms with Crippen molar-refractivity contribution in [1.82, 2.24) is 0 Å². The molecule has 0 radical (unpaired) electrons. The number of esters is 1. The molecule has 0 bridgehead atoms. The van der Waals surface area contributed by atoms with E-state index in [0.717, 1.165) is 0 Å². The predicted octanol–water partition coefficient (Wildman–Crippen LogP) is -0.0972. The van der Waals surface area contributed by atoms with Gasteiger partial charge in [-0.05, 0) is 6.92 Å². The van der Waals surface area contributed by atoms with Crippen molar-refractivity contribution in [2.24, 2.45) is 0 Å². The smallest absolute Gasteiger partial charge is 0.305 e. The first-order chi connectivity index (χ1) is 4.57. The van der Waals surface area contributed by atoms with Crippen LogP contribution in [0.2, 0.25) is 0 Å². The van der Waals surface area contributed by atoms with Crippen LogP contribution in [0.4, 0.5) is 0 Å². The fourth-order valence-electron chi connectivity index (χ4n) is 0.507. The number of aliphatic hydroxyl groups is 1. The summed E-state index contributed by atoms with van der Waals surface area (Å²) in [5.41, 5.74) is 0. The lowest BCUT2D eigenvalue weighted by Crippen LogP contribution is -2.29. The molecule has 0 aliphatic rings. The standard InChI is InChI=1S/C6H12O4/c1-4(7)6(9-3)10-5(2)8/h4,6-7H,1-3H3/t4-,6?/m0/s1. The van der Waals surface area contributed by atoms with Gasteiger partial charge in [-0.3, -0.25) is 4.79 Å². The third kappa shape index (κ3) is 3.42. The summed E-state index contributed by atoms with van der Waals surface area (Å²) in [7, 11) is 1.36. The second-order valence-corrected chi connectivity index (χ2v) is 1.95. The van der Waals surface area contributed by atoms with Crippen LogP contribution in [0.3, 0.4) is 0 Å². The Morgan fingerprint density at radius 3 is 2.20 bits per heavy atom. The first kappa shape index (κ1) is 9.39. The van der Waals surface area contributed by atoms with Gasteiger partial charge in [0.05, 0.1) is 0 Å². The van der Waals surface area contributed by atoms with Crippen LogP contribution in [0.5, 0.6) is 0 Å². The molecule has 0 aromatic carbocycles. The fraction of sp³-hybridized carbons (Fsp3) is 0.833. The van der Waals surface area contributed by atoms with Crippen molar-refractivity contribution in [2.75, 3.05) is 7.11 Å². The Morgan fingerprint density at radius 2 is 2.10 bits per heavy atom. The molecule has 0 aliphatic carbocycles. The van der Waals surface area contributed by atoms with E-state index in [0.29, 0.717) is 0 Å². The highest BCUT2D eigenvalue weighted by atomic mass is 16.7. The van der Waals surface area contributed by atoms with Gasteiger partial charge in [0.25, 0.3) is 0 Å². The molecule has 0 aliphatic heterocycles. The van der Waals surface area contributed by atoms with Crippen molar-refractivity contribution in [3.8, 4) is 0 Å². The molecule has 1 N–H and O–H groups in total. The van der Waals surface area contributed by atoms with E-state index >= 15 is 0 Å². The second kappa shape index (κ2) is 4.24. The van der Waals surface area contributed by atoms with Crippen LogP contribution in [0, 0.1) is 0 Å². The quantitative estimate of drug-likeness (QED) is 0.448. The molecule has 0 aromatic heterocycles. The van der Waals surface area contributed by atoms with E-state index < -0.39 is 18.4 Å². The van der Waals surface area contributed by atoms with E-state index in [1.807, 2.05) is 0 Å². The van der Waals surface area contributed by atoms with E-state index in [1.54, 1.807) is 0 Å². The second-order valence-electron chi connectivity index (χ2n) is 1.95. The first-order valence-electron chi connectivity index (χ1n) is 2.96. The Hall–Kier alpha value is -0.610. The zero-order chi connectivity index (χ0) is 8.15. The molecule has 10 heavy (non-hydrogen) atoms. The van der Waals surface area contributed by atoms with Gasteiger partial charge in [0.1, 0.15) is 6.10 Å². The Kier molecular flexibility index (Phi) is 3.99. The van der Waals surface area contributed by atoms with Crippen molar-refractivity contribution in [3.63, 3.8) is 0 Å². The summed E-state index contributed by atoms with van der Waals surface area (Å²) in [4.78, 5) is 10.3. The summed E-state index contributed by atoms with van der Waals surface area (Å²) in [6, 6.07) is 0. The molecule has 0 aromatic rings. The molecule has 0 saturated carbocycles. The average molecular weight is 148 g/mol. The minimum absolute atomic E-state index is 0.465. The maximum absolute atomic E-state index is 10.3. The van der Waals surface area contributed by atoms with E-state index in [4.69, 9.17) is 5.11 Å². The Morgan fingerprint density at radius 1 is 1.60 bits per heavy atom. The number of ether oxygens (including phenoxy) is 2. The van der Waals surface area contributed by atoms with Crippen molar-refractivity contribution in [2.45, 2.75) is 26.2 Å². The minimum Gasteiger partial charge on any atom is -0.433 e. The van der Waals surface area contributed by atoms with Gasteiger partial charge in [-0.15, -0.1) is 0 Å². The van der Waals surface area contributed by atoms with Crippen molar-refractivity contribution in [3.05, 3.63) is 0 Å². The van der Waals surface area contributed by atoms with E-state index in [1.165, 1.54) is 21.0 Å². The van der Waals surface area contributed by atoms with Crippen molar-refractivity contribution >= 4 is 5.97 Å². The Bertz CT molecular complexity index is 110. The summed E-state index contributed by atoms with van der Waals surface area (Å²) >= 11 is 0. The molecule has 0 heterocycles. The third-order valence-electron chi connectivity index (χ3n) is 0.908. The minimum atomic E-state index is -0.850. The van der Waals surface area contributed by atoms with E-state index in [2.05, 4.69) is 9.47 Å². The number of hydrogen-bond donors (Lipinski definition) is 1. The van der Waals surface area contributed by atoms with Crippen molar-refractivity contribution < 1.29 is 19.4 Å². The van der Waals surface area contributed by atoms with Gasteiger partial charge < -0.3 is 14.6 Å². The highest BCUT2D eigenvalue weighted by molar-refractivity contribution is 5.66. The maximum Gasteiger partial charge on any atom is 0.305 e. The highest BCUT2D eigenvalue weighted by Gasteiger charge is 2.15. The van der Waals surface area contributed by atoms with Crippen LogP contribution in [-0.4, -0.2) is 30.6 Å². The van der Waals surface area contributed by atoms with E-state index in [-0.39, 0.29) is 0 Å². The Balaban J connectivity index is 3.71. The number of aliphatic hydroxyl groups excluding tert-OH is 1. The SMILES string of the molecule is COC(OC(C)=O)[C@H](C)O. The summed E-state index contributed by atoms with van der Waals surface area (Å²) in [5.74, 6) is -0.465. The molecular formula is C6H12O4. The van der Waals surface area contributed by atoms with Crippen LogP contribution in [0.15, 0.2) is 0 Å². The topological polar surface area (TPSA) is 55.8 Å². The summed E-state index contributed by atoms with van der Waals surface area (Å²) in [5, 5.41) is 8.86. The lowest BCUT2D eigenvalue weighted by molar-refractivity contribution is -0.190. The molecule has 2 atom stereocenters. The fourth-order valence-corrected chi connectivity index (χ4v) is 0.507. The van der Waals surface area contributed by atoms with Crippen LogP contribution < -0.4 is 0 Å². The van der Waals surface area contributed by atoms with Crippen LogP contribution in [0.1, 0.15) is 13.8 Å². The van der Waals surface area contributed by atoms with E-state index in [9.17, 15) is 4.79 Å². The molecule has 0 spiro atoms. The van der Waals surface area contributed by atoms with Gasteiger partial charge in [0, 0.05) is 14.0 Å². The lowest BCUT2D eigenvalue weighted by atomic mass is 10.4. The summed E-state index contributed by atoms with van der Waals surface area (Å²) < 4.78 is 9.18. The third-order valence-corrected chi connectivity index (χ3v) is 0.908. The van der Waals surface area contributed by atoms with Gasteiger partial charge in [0.15, 0.2) is 0 Å². The highest BCUT2D eigenvalue weighted by Crippen LogP contribution is 1.99. The summed E-state index contributed by atoms with van der Waals surface area (Å²) in [6.45, 7) is 2.74. The zero-order valence-corrected chi connectivity index (χ0v) is 6.33. The number of methoxy groups -OCH3 is 1. The monoisotopic (exact) mass is 148 g/mol. The van der Waals surface area contributed by atoms with Gasteiger partial charge in [-0.1, -0.05) is 0 Å². The van der Waals surface area contributed by atoms with Crippen LogP contribution in [-0.2, 0) is 14.3 Å². The summed E-state index contributed by atoms with van der Waals surface area (Å²) in [6.07, 6.45) is -1.65. The van der Waals surface area contributed by atoms with Crippen LogP contribution >= 0.6 is 0 Å². The number of carbonyl (C=O) groups is 1. The molecule has 0 fully saturated rings. The number of carbonyl (C=O) groups excluding carboxylic acids is 1. The number of hydrogen-bond acceptors (Lipinski definition) is 4. The molecule has 4 nitrogen and oxygen atoms in total. The molecule has 1 unspecified atom stereocenters. The normalized spacial score (nSPS) is 16.0.